The third kappa shape index (κ3) is 2.19. The molecule has 0 aliphatic heterocycles. The highest BCUT2D eigenvalue weighted by Crippen LogP contribution is 2.24. The van der Waals surface area contributed by atoms with Gasteiger partial charge in [0.05, 0.1) is 0 Å². The van der Waals surface area contributed by atoms with Crippen LogP contribution in [0.1, 0.15) is 0 Å². The molecule has 0 unspecified atom stereocenters. The summed E-state index contributed by atoms with van der Waals surface area (Å²) in [6.45, 7) is 0.240. The van der Waals surface area contributed by atoms with Gasteiger partial charge in [-0.05, 0) is 29.7 Å². The van der Waals surface area contributed by atoms with E-state index in [-0.39, 0.29) is 6.79 Å². The molecular weight excluding hydrogens is 214 g/mol. The van der Waals surface area contributed by atoms with Gasteiger partial charge in [-0.3, -0.25) is 0 Å². The number of hydrogen-bond donors (Lipinski definition) is 0. The predicted octanol–water partition coefficient (Wildman–Crippen LogP) is 2.87. The molecule has 4 heteroatoms. The zero-order valence-corrected chi connectivity index (χ0v) is 8.99. The molecule has 0 fully saturated rings. The van der Waals surface area contributed by atoms with E-state index in [4.69, 9.17) is 21.1 Å². The molecule has 2 rings (SSSR count). The second-order valence-electron chi connectivity index (χ2n) is 3.04. The van der Waals surface area contributed by atoms with Crippen LogP contribution in [0.25, 0.3) is 10.8 Å². The fraction of sp³-hybridized carbons (Fsp3) is 0.182. The quantitative estimate of drug-likeness (QED) is 0.592. The number of methoxy groups -OCH3 is 1. The highest BCUT2D eigenvalue weighted by molar-refractivity contribution is 6.34. The first-order chi connectivity index (χ1) is 7.31. The van der Waals surface area contributed by atoms with E-state index in [1.54, 1.807) is 13.3 Å². The van der Waals surface area contributed by atoms with Crippen molar-refractivity contribution in [2.75, 3.05) is 13.9 Å². The van der Waals surface area contributed by atoms with Crippen molar-refractivity contribution in [2.45, 2.75) is 0 Å². The second kappa shape index (κ2) is 4.47. The summed E-state index contributed by atoms with van der Waals surface area (Å²) in [5.74, 6) is 0.756. The number of halogens is 1. The van der Waals surface area contributed by atoms with Gasteiger partial charge in [-0.15, -0.1) is 0 Å². The van der Waals surface area contributed by atoms with Gasteiger partial charge in [0.25, 0.3) is 0 Å². The Hall–Kier alpha value is -1.32. The molecule has 78 valence electrons. The Labute approximate surface area is 92.6 Å². The van der Waals surface area contributed by atoms with Gasteiger partial charge in [-0.25, -0.2) is 4.98 Å². The first-order valence-electron chi connectivity index (χ1n) is 4.47. The van der Waals surface area contributed by atoms with Crippen molar-refractivity contribution in [1.29, 1.82) is 0 Å². The largest absolute Gasteiger partial charge is 0.468 e. The zero-order chi connectivity index (χ0) is 10.7. The van der Waals surface area contributed by atoms with Crippen LogP contribution in [0.5, 0.6) is 5.75 Å². The molecule has 0 spiro atoms. The molecular formula is C11H10ClNO2. The van der Waals surface area contributed by atoms with Gasteiger partial charge >= 0.3 is 0 Å². The molecule has 0 aliphatic carbocycles. The van der Waals surface area contributed by atoms with Crippen LogP contribution in [0.15, 0.2) is 30.5 Å². The maximum absolute atomic E-state index is 5.94. The second-order valence-corrected chi connectivity index (χ2v) is 3.39. The number of nitrogens with zero attached hydrogens (tertiary/aromatic N) is 1. The lowest BCUT2D eigenvalue weighted by atomic mass is 10.2. The summed E-state index contributed by atoms with van der Waals surface area (Å²) in [5, 5.41) is 2.43. The van der Waals surface area contributed by atoms with Crippen LogP contribution in [0.3, 0.4) is 0 Å². The maximum atomic E-state index is 5.94. The van der Waals surface area contributed by atoms with E-state index >= 15 is 0 Å². The normalized spacial score (nSPS) is 10.5. The van der Waals surface area contributed by atoms with E-state index in [1.165, 1.54) is 0 Å². The van der Waals surface area contributed by atoms with Crippen LogP contribution < -0.4 is 4.74 Å². The van der Waals surface area contributed by atoms with Gasteiger partial charge in [0, 0.05) is 18.7 Å². The Bertz CT molecular complexity index is 473. The van der Waals surface area contributed by atoms with Crippen molar-refractivity contribution < 1.29 is 9.47 Å². The first kappa shape index (κ1) is 10.2. The topological polar surface area (TPSA) is 31.4 Å². The van der Waals surface area contributed by atoms with Gasteiger partial charge in [0.1, 0.15) is 10.9 Å². The summed E-state index contributed by atoms with van der Waals surface area (Å²) in [5.41, 5.74) is 0. The molecule has 1 heterocycles. The Balaban J connectivity index is 2.39. The Kier molecular flexibility index (Phi) is 3.04. The number of benzene rings is 1. The molecule has 1 aromatic carbocycles. The Morgan fingerprint density at radius 2 is 2.20 bits per heavy atom. The molecule has 0 amide bonds. The van der Waals surface area contributed by atoms with Crippen molar-refractivity contribution in [3.05, 3.63) is 35.6 Å². The van der Waals surface area contributed by atoms with Crippen molar-refractivity contribution >= 4 is 22.4 Å². The minimum Gasteiger partial charge on any atom is -0.468 e. The lowest BCUT2D eigenvalue weighted by molar-refractivity contribution is 0.0512. The number of fused-ring (bicyclic) bond motifs is 1. The number of rotatable bonds is 3. The van der Waals surface area contributed by atoms with Crippen LogP contribution in [-0.2, 0) is 4.74 Å². The molecule has 0 radical (unpaired) electrons. The van der Waals surface area contributed by atoms with E-state index in [1.807, 2.05) is 24.3 Å². The minimum absolute atomic E-state index is 0.240. The predicted molar refractivity (Wildman–Crippen MR) is 59.3 cm³/mol. The number of aromatic nitrogens is 1. The van der Waals surface area contributed by atoms with Crippen molar-refractivity contribution in [2.24, 2.45) is 0 Å². The van der Waals surface area contributed by atoms with E-state index in [9.17, 15) is 0 Å². The smallest absolute Gasteiger partial charge is 0.188 e. The third-order valence-electron chi connectivity index (χ3n) is 2.03. The number of ether oxygens (including phenoxy) is 2. The van der Waals surface area contributed by atoms with Crippen LogP contribution in [0, 0.1) is 0 Å². The Morgan fingerprint density at radius 3 is 3.00 bits per heavy atom. The highest BCUT2D eigenvalue weighted by atomic mass is 35.5. The molecule has 0 saturated heterocycles. The average molecular weight is 224 g/mol. The van der Waals surface area contributed by atoms with Gasteiger partial charge in [0.15, 0.2) is 6.79 Å². The monoisotopic (exact) mass is 223 g/mol. The third-order valence-corrected chi connectivity index (χ3v) is 2.33. The number of hydrogen-bond acceptors (Lipinski definition) is 3. The standard InChI is InChI=1S/C11H10ClNO2/c1-14-7-15-9-2-3-10-8(6-9)4-5-13-11(10)12/h2-6H,7H2,1H3. The lowest BCUT2D eigenvalue weighted by Crippen LogP contribution is -1.98. The fourth-order valence-corrected chi connectivity index (χ4v) is 1.56. The summed E-state index contributed by atoms with van der Waals surface area (Å²) < 4.78 is 10.1. The van der Waals surface area contributed by atoms with E-state index in [0.29, 0.717) is 5.15 Å². The van der Waals surface area contributed by atoms with Crippen LogP contribution >= 0.6 is 11.6 Å². The molecule has 0 bridgehead atoms. The van der Waals surface area contributed by atoms with E-state index in [2.05, 4.69) is 4.98 Å². The van der Waals surface area contributed by atoms with Crippen molar-refractivity contribution in [1.82, 2.24) is 4.98 Å². The van der Waals surface area contributed by atoms with Gasteiger partial charge < -0.3 is 9.47 Å². The van der Waals surface area contributed by atoms with Gasteiger partial charge in [-0.2, -0.15) is 0 Å². The van der Waals surface area contributed by atoms with Crippen LogP contribution in [0.2, 0.25) is 5.15 Å². The van der Waals surface area contributed by atoms with Crippen LogP contribution in [-0.4, -0.2) is 18.9 Å². The molecule has 0 saturated carbocycles. The highest BCUT2D eigenvalue weighted by Gasteiger charge is 2.01. The first-order valence-corrected chi connectivity index (χ1v) is 4.85. The summed E-state index contributed by atoms with van der Waals surface area (Å²) in [6, 6.07) is 7.52. The summed E-state index contributed by atoms with van der Waals surface area (Å²) in [6.07, 6.45) is 1.67. The average Bonchev–Trinajstić information content (AvgIpc) is 2.26. The molecule has 0 N–H and O–H groups in total. The maximum Gasteiger partial charge on any atom is 0.188 e. The molecule has 0 atom stereocenters. The van der Waals surface area contributed by atoms with Gasteiger partial charge in [0.2, 0.25) is 0 Å². The Morgan fingerprint density at radius 1 is 1.33 bits per heavy atom. The summed E-state index contributed by atoms with van der Waals surface area (Å²) in [7, 11) is 1.59. The molecule has 1 aromatic heterocycles. The summed E-state index contributed by atoms with van der Waals surface area (Å²) >= 11 is 5.94. The van der Waals surface area contributed by atoms with Gasteiger partial charge in [-0.1, -0.05) is 11.6 Å². The number of pyridine rings is 1. The SMILES string of the molecule is COCOc1ccc2c(Cl)nccc2c1. The summed E-state index contributed by atoms with van der Waals surface area (Å²) in [4.78, 5) is 4.00. The van der Waals surface area contributed by atoms with E-state index in [0.717, 1.165) is 16.5 Å². The zero-order valence-electron chi connectivity index (χ0n) is 8.24. The van der Waals surface area contributed by atoms with Crippen LogP contribution in [0.4, 0.5) is 0 Å². The van der Waals surface area contributed by atoms with Crippen molar-refractivity contribution in [3.8, 4) is 5.75 Å². The molecule has 3 nitrogen and oxygen atoms in total. The van der Waals surface area contributed by atoms with Crippen molar-refractivity contribution in [3.63, 3.8) is 0 Å². The lowest BCUT2D eigenvalue weighted by Gasteiger charge is -2.06. The molecule has 0 aliphatic rings. The minimum atomic E-state index is 0.240. The van der Waals surface area contributed by atoms with E-state index < -0.39 is 0 Å². The molecule has 2 aromatic rings. The molecule has 15 heavy (non-hydrogen) atoms. The fourth-order valence-electron chi connectivity index (χ4n) is 1.34.